The van der Waals surface area contributed by atoms with Gasteiger partial charge in [-0.15, -0.1) is 0 Å². The molecule has 0 spiro atoms. The summed E-state index contributed by atoms with van der Waals surface area (Å²) >= 11 is 0. The number of aliphatic hydroxyl groups is 1. The summed E-state index contributed by atoms with van der Waals surface area (Å²) < 4.78 is 0. The Bertz CT molecular complexity index is 163. The molecular formula is C11H24N2O. The molecule has 0 radical (unpaired) electrons. The van der Waals surface area contributed by atoms with Gasteiger partial charge < -0.3 is 15.3 Å². The average Bonchev–Trinajstić information content (AvgIpc) is 2.17. The van der Waals surface area contributed by atoms with Crippen LogP contribution in [0.1, 0.15) is 33.1 Å². The zero-order chi connectivity index (χ0) is 10.6. The largest absolute Gasteiger partial charge is 0.389 e. The molecule has 1 aliphatic heterocycles. The minimum absolute atomic E-state index is 0.538. The first-order valence-corrected chi connectivity index (χ1v) is 5.68. The van der Waals surface area contributed by atoms with Gasteiger partial charge in [0.2, 0.25) is 0 Å². The monoisotopic (exact) mass is 200 g/mol. The standard InChI is InChI=1S/C11H24N2O/c1-4-11(2,14)9-12-10-5-7-13(3)8-6-10/h10,12,14H,4-9H2,1-3H3. The molecule has 0 aromatic carbocycles. The number of rotatable bonds is 4. The summed E-state index contributed by atoms with van der Waals surface area (Å²) in [5, 5.41) is 13.3. The Kier molecular flexibility index (Phi) is 4.35. The third-order valence-corrected chi connectivity index (χ3v) is 3.25. The van der Waals surface area contributed by atoms with Crippen molar-refractivity contribution >= 4 is 0 Å². The molecule has 2 N–H and O–H groups in total. The predicted octanol–water partition coefficient (Wildman–Crippen LogP) is 0.831. The second-order valence-corrected chi connectivity index (χ2v) is 4.81. The van der Waals surface area contributed by atoms with Gasteiger partial charge in [0.05, 0.1) is 5.60 Å². The van der Waals surface area contributed by atoms with Crippen LogP contribution < -0.4 is 5.32 Å². The van der Waals surface area contributed by atoms with Crippen LogP contribution in [0.4, 0.5) is 0 Å². The molecule has 14 heavy (non-hydrogen) atoms. The van der Waals surface area contributed by atoms with E-state index in [0.717, 1.165) is 13.0 Å². The molecule has 1 heterocycles. The van der Waals surface area contributed by atoms with Crippen LogP contribution in [-0.4, -0.2) is 48.3 Å². The molecule has 0 aromatic heterocycles. The van der Waals surface area contributed by atoms with Crippen molar-refractivity contribution in [1.82, 2.24) is 10.2 Å². The van der Waals surface area contributed by atoms with Crippen molar-refractivity contribution in [2.45, 2.75) is 44.8 Å². The van der Waals surface area contributed by atoms with Crippen molar-refractivity contribution in [3.63, 3.8) is 0 Å². The molecule has 0 bridgehead atoms. The van der Waals surface area contributed by atoms with E-state index in [1.54, 1.807) is 0 Å². The van der Waals surface area contributed by atoms with E-state index in [1.807, 2.05) is 13.8 Å². The molecule has 0 aliphatic carbocycles. The van der Waals surface area contributed by atoms with E-state index in [4.69, 9.17) is 0 Å². The van der Waals surface area contributed by atoms with Crippen molar-refractivity contribution in [2.24, 2.45) is 0 Å². The zero-order valence-corrected chi connectivity index (χ0v) is 9.71. The van der Waals surface area contributed by atoms with Gasteiger partial charge in [0.1, 0.15) is 0 Å². The smallest absolute Gasteiger partial charge is 0.0741 e. The Balaban J connectivity index is 2.19. The Morgan fingerprint density at radius 3 is 2.50 bits per heavy atom. The third-order valence-electron chi connectivity index (χ3n) is 3.25. The van der Waals surface area contributed by atoms with Crippen LogP contribution in [0.5, 0.6) is 0 Å². The quantitative estimate of drug-likeness (QED) is 0.705. The van der Waals surface area contributed by atoms with Crippen molar-refractivity contribution in [3.05, 3.63) is 0 Å². The van der Waals surface area contributed by atoms with Gasteiger partial charge in [-0.05, 0) is 46.3 Å². The highest BCUT2D eigenvalue weighted by atomic mass is 16.3. The fourth-order valence-corrected chi connectivity index (χ4v) is 1.70. The first kappa shape index (κ1) is 12.0. The molecule has 1 atom stereocenters. The fraction of sp³-hybridized carbons (Fsp3) is 1.00. The van der Waals surface area contributed by atoms with Gasteiger partial charge in [0.25, 0.3) is 0 Å². The number of likely N-dealkylation sites (tertiary alicyclic amines) is 1. The summed E-state index contributed by atoms with van der Waals surface area (Å²) in [6, 6.07) is 0.601. The van der Waals surface area contributed by atoms with E-state index in [0.29, 0.717) is 6.04 Å². The molecule has 1 aliphatic rings. The van der Waals surface area contributed by atoms with Crippen LogP contribution in [0.25, 0.3) is 0 Å². The summed E-state index contributed by atoms with van der Waals surface area (Å²) in [6.07, 6.45) is 3.22. The van der Waals surface area contributed by atoms with Gasteiger partial charge in [-0.1, -0.05) is 6.92 Å². The Morgan fingerprint density at radius 1 is 1.43 bits per heavy atom. The van der Waals surface area contributed by atoms with Crippen LogP contribution in [0.2, 0.25) is 0 Å². The molecule has 3 nitrogen and oxygen atoms in total. The maximum absolute atomic E-state index is 9.83. The van der Waals surface area contributed by atoms with E-state index in [1.165, 1.54) is 25.9 Å². The van der Waals surface area contributed by atoms with Crippen molar-refractivity contribution in [2.75, 3.05) is 26.7 Å². The maximum Gasteiger partial charge on any atom is 0.0741 e. The maximum atomic E-state index is 9.83. The first-order chi connectivity index (χ1) is 6.53. The molecule has 3 heteroatoms. The van der Waals surface area contributed by atoms with Crippen LogP contribution in [0.3, 0.4) is 0 Å². The normalized spacial score (nSPS) is 24.9. The summed E-state index contributed by atoms with van der Waals surface area (Å²) in [6.45, 7) is 6.99. The molecule has 0 amide bonds. The Labute approximate surface area is 87.5 Å². The number of hydrogen-bond acceptors (Lipinski definition) is 3. The molecule has 1 unspecified atom stereocenters. The first-order valence-electron chi connectivity index (χ1n) is 5.68. The van der Waals surface area contributed by atoms with Gasteiger partial charge in [0.15, 0.2) is 0 Å². The van der Waals surface area contributed by atoms with Crippen LogP contribution in [-0.2, 0) is 0 Å². The summed E-state index contributed by atoms with van der Waals surface area (Å²) in [4.78, 5) is 2.36. The van der Waals surface area contributed by atoms with E-state index < -0.39 is 5.60 Å². The van der Waals surface area contributed by atoms with Crippen molar-refractivity contribution < 1.29 is 5.11 Å². The predicted molar refractivity (Wildman–Crippen MR) is 59.4 cm³/mol. The van der Waals surface area contributed by atoms with Crippen LogP contribution in [0.15, 0.2) is 0 Å². The fourth-order valence-electron chi connectivity index (χ4n) is 1.70. The van der Waals surface area contributed by atoms with E-state index in [2.05, 4.69) is 17.3 Å². The second-order valence-electron chi connectivity index (χ2n) is 4.81. The van der Waals surface area contributed by atoms with Gasteiger partial charge in [-0.25, -0.2) is 0 Å². The van der Waals surface area contributed by atoms with Gasteiger partial charge in [-0.2, -0.15) is 0 Å². The summed E-state index contributed by atoms with van der Waals surface area (Å²) in [5.74, 6) is 0. The van der Waals surface area contributed by atoms with Crippen molar-refractivity contribution in [3.8, 4) is 0 Å². The lowest BCUT2D eigenvalue weighted by atomic mass is 10.0. The summed E-state index contributed by atoms with van der Waals surface area (Å²) in [5.41, 5.74) is -0.538. The van der Waals surface area contributed by atoms with Crippen molar-refractivity contribution in [1.29, 1.82) is 0 Å². The highest BCUT2D eigenvalue weighted by molar-refractivity contribution is 4.80. The van der Waals surface area contributed by atoms with Gasteiger partial charge in [-0.3, -0.25) is 0 Å². The van der Waals surface area contributed by atoms with Crippen LogP contribution >= 0.6 is 0 Å². The minimum atomic E-state index is -0.538. The third kappa shape index (κ3) is 3.95. The lowest BCUT2D eigenvalue weighted by Gasteiger charge is -2.32. The van der Waals surface area contributed by atoms with E-state index >= 15 is 0 Å². The Hall–Kier alpha value is -0.120. The van der Waals surface area contributed by atoms with Gasteiger partial charge >= 0.3 is 0 Å². The number of nitrogens with zero attached hydrogens (tertiary/aromatic N) is 1. The molecule has 84 valence electrons. The Morgan fingerprint density at radius 2 is 2.00 bits per heavy atom. The number of nitrogens with one attached hydrogen (secondary N) is 1. The van der Waals surface area contributed by atoms with Crippen LogP contribution in [0, 0.1) is 0 Å². The lowest BCUT2D eigenvalue weighted by molar-refractivity contribution is 0.0500. The number of piperidine rings is 1. The zero-order valence-electron chi connectivity index (χ0n) is 9.71. The van der Waals surface area contributed by atoms with Gasteiger partial charge in [0, 0.05) is 12.6 Å². The SMILES string of the molecule is CCC(C)(O)CNC1CCN(C)CC1. The molecule has 0 saturated carbocycles. The molecule has 0 aromatic rings. The molecule has 1 saturated heterocycles. The minimum Gasteiger partial charge on any atom is -0.389 e. The molecular weight excluding hydrogens is 176 g/mol. The highest BCUT2D eigenvalue weighted by Gasteiger charge is 2.21. The summed E-state index contributed by atoms with van der Waals surface area (Å²) in [7, 11) is 2.17. The average molecular weight is 200 g/mol. The van der Waals surface area contributed by atoms with E-state index in [-0.39, 0.29) is 0 Å². The number of hydrogen-bond donors (Lipinski definition) is 2. The molecule has 1 fully saturated rings. The topological polar surface area (TPSA) is 35.5 Å². The lowest BCUT2D eigenvalue weighted by Crippen LogP contribution is -2.46. The molecule has 1 rings (SSSR count). The second kappa shape index (κ2) is 5.10. The van der Waals surface area contributed by atoms with E-state index in [9.17, 15) is 5.11 Å². The highest BCUT2D eigenvalue weighted by Crippen LogP contribution is 2.11.